The molecule has 0 saturated carbocycles. The summed E-state index contributed by atoms with van der Waals surface area (Å²) in [6, 6.07) is 8.77. The summed E-state index contributed by atoms with van der Waals surface area (Å²) in [5.41, 5.74) is 5.15. The summed E-state index contributed by atoms with van der Waals surface area (Å²) in [4.78, 5) is 0. The molecule has 0 saturated heterocycles. The highest BCUT2D eigenvalue weighted by Crippen LogP contribution is 2.25. The fraction of sp³-hybridized carbons (Fsp3) is 0.438. The third-order valence-electron chi connectivity index (χ3n) is 3.26. The molecule has 2 aromatic rings. The number of rotatable bonds is 6. The summed E-state index contributed by atoms with van der Waals surface area (Å²) in [5.74, 6) is 0. The van der Waals surface area contributed by atoms with Crippen LogP contribution < -0.4 is 5.32 Å². The van der Waals surface area contributed by atoms with Crippen molar-refractivity contribution in [2.24, 2.45) is 0 Å². The van der Waals surface area contributed by atoms with Gasteiger partial charge in [0.1, 0.15) is 0 Å². The monoisotopic (exact) mass is 257 g/mol. The van der Waals surface area contributed by atoms with Crippen LogP contribution in [0.5, 0.6) is 0 Å². The van der Waals surface area contributed by atoms with Crippen LogP contribution in [0.25, 0.3) is 11.3 Å². The van der Waals surface area contributed by atoms with Gasteiger partial charge in [-0.05, 0) is 37.6 Å². The lowest BCUT2D eigenvalue weighted by Crippen LogP contribution is -2.13. The van der Waals surface area contributed by atoms with Gasteiger partial charge in [-0.1, -0.05) is 31.5 Å². The number of nitrogens with zero attached hydrogens (tertiary/aromatic N) is 2. The van der Waals surface area contributed by atoms with Crippen molar-refractivity contribution in [1.29, 1.82) is 0 Å². The number of hydrogen-bond donors (Lipinski definition) is 1. The molecule has 1 aromatic heterocycles. The van der Waals surface area contributed by atoms with Crippen molar-refractivity contribution in [1.82, 2.24) is 15.1 Å². The molecule has 0 amide bonds. The molecule has 0 spiro atoms. The Labute approximate surface area is 115 Å². The average molecular weight is 257 g/mol. The topological polar surface area (TPSA) is 29.9 Å². The normalized spacial score (nSPS) is 10.9. The molecule has 1 N–H and O–H groups in total. The highest BCUT2D eigenvalue weighted by molar-refractivity contribution is 5.65. The standard InChI is InChI=1S/C16H23N3/c1-4-10-19-16(8-9-18-19)15-11-13(3)6-7-14(15)12-17-5-2/h6-9,11,17H,4-5,10,12H2,1-3H3. The molecule has 102 valence electrons. The lowest BCUT2D eigenvalue weighted by atomic mass is 10.0. The van der Waals surface area contributed by atoms with Crippen LogP contribution in [-0.4, -0.2) is 16.3 Å². The quantitative estimate of drug-likeness (QED) is 0.859. The van der Waals surface area contributed by atoms with E-state index in [1.807, 2.05) is 6.20 Å². The van der Waals surface area contributed by atoms with Crippen LogP contribution in [0.4, 0.5) is 0 Å². The van der Waals surface area contributed by atoms with E-state index in [1.54, 1.807) is 0 Å². The van der Waals surface area contributed by atoms with Gasteiger partial charge in [-0.25, -0.2) is 0 Å². The van der Waals surface area contributed by atoms with Crippen LogP contribution >= 0.6 is 0 Å². The predicted octanol–water partition coefficient (Wildman–Crippen LogP) is 3.38. The lowest BCUT2D eigenvalue weighted by Gasteiger charge is -2.13. The predicted molar refractivity (Wildman–Crippen MR) is 80.1 cm³/mol. The Morgan fingerprint density at radius 2 is 2.05 bits per heavy atom. The maximum atomic E-state index is 4.43. The van der Waals surface area contributed by atoms with Gasteiger partial charge in [0.25, 0.3) is 0 Å². The fourth-order valence-electron chi connectivity index (χ4n) is 2.29. The van der Waals surface area contributed by atoms with Gasteiger partial charge in [0.05, 0.1) is 5.69 Å². The zero-order chi connectivity index (χ0) is 13.7. The molecule has 0 aliphatic carbocycles. The Balaban J connectivity index is 2.40. The third kappa shape index (κ3) is 3.24. The molecule has 19 heavy (non-hydrogen) atoms. The molecule has 3 nitrogen and oxygen atoms in total. The van der Waals surface area contributed by atoms with E-state index in [-0.39, 0.29) is 0 Å². The van der Waals surface area contributed by atoms with Crippen LogP contribution in [0.3, 0.4) is 0 Å². The second kappa shape index (κ2) is 6.53. The molecule has 1 aromatic carbocycles. The van der Waals surface area contributed by atoms with Crippen molar-refractivity contribution in [3.63, 3.8) is 0 Å². The van der Waals surface area contributed by atoms with E-state index in [2.05, 4.69) is 60.1 Å². The minimum atomic E-state index is 0.906. The molecular weight excluding hydrogens is 234 g/mol. The van der Waals surface area contributed by atoms with Gasteiger partial charge in [0.15, 0.2) is 0 Å². The van der Waals surface area contributed by atoms with Crippen LogP contribution in [0, 0.1) is 6.92 Å². The maximum absolute atomic E-state index is 4.43. The van der Waals surface area contributed by atoms with Gasteiger partial charge in [-0.2, -0.15) is 5.10 Å². The number of aromatic nitrogens is 2. The van der Waals surface area contributed by atoms with E-state index in [9.17, 15) is 0 Å². The Bertz CT molecular complexity index is 529. The summed E-state index contributed by atoms with van der Waals surface area (Å²) < 4.78 is 2.10. The van der Waals surface area contributed by atoms with Crippen molar-refractivity contribution < 1.29 is 0 Å². The van der Waals surface area contributed by atoms with Gasteiger partial charge in [-0.3, -0.25) is 4.68 Å². The van der Waals surface area contributed by atoms with E-state index < -0.39 is 0 Å². The minimum absolute atomic E-state index is 0.906. The summed E-state index contributed by atoms with van der Waals surface area (Å²) >= 11 is 0. The van der Waals surface area contributed by atoms with Crippen molar-refractivity contribution in [3.8, 4) is 11.3 Å². The second-order valence-electron chi connectivity index (χ2n) is 4.88. The van der Waals surface area contributed by atoms with Crippen molar-refractivity contribution in [3.05, 3.63) is 41.6 Å². The smallest absolute Gasteiger partial charge is 0.0685 e. The average Bonchev–Trinajstić information content (AvgIpc) is 2.86. The first-order chi connectivity index (χ1) is 9.26. The highest BCUT2D eigenvalue weighted by atomic mass is 15.3. The van der Waals surface area contributed by atoms with Gasteiger partial charge < -0.3 is 5.32 Å². The molecular formula is C16H23N3. The number of nitrogens with one attached hydrogen (secondary N) is 1. The van der Waals surface area contributed by atoms with Crippen LogP contribution in [0.1, 0.15) is 31.4 Å². The zero-order valence-electron chi connectivity index (χ0n) is 12.1. The third-order valence-corrected chi connectivity index (χ3v) is 3.26. The minimum Gasteiger partial charge on any atom is -0.313 e. The van der Waals surface area contributed by atoms with E-state index in [0.717, 1.165) is 26.1 Å². The summed E-state index contributed by atoms with van der Waals surface area (Å²) in [5, 5.41) is 7.84. The van der Waals surface area contributed by atoms with Gasteiger partial charge in [0, 0.05) is 24.8 Å². The number of aryl methyl sites for hydroxylation is 2. The number of benzene rings is 1. The Morgan fingerprint density at radius 1 is 1.21 bits per heavy atom. The van der Waals surface area contributed by atoms with E-state index in [0.29, 0.717) is 0 Å². The molecule has 0 atom stereocenters. The molecule has 2 rings (SSSR count). The molecule has 0 radical (unpaired) electrons. The van der Waals surface area contributed by atoms with E-state index >= 15 is 0 Å². The largest absolute Gasteiger partial charge is 0.313 e. The van der Waals surface area contributed by atoms with E-state index in [1.165, 1.54) is 22.4 Å². The zero-order valence-corrected chi connectivity index (χ0v) is 12.1. The summed E-state index contributed by atoms with van der Waals surface area (Å²) in [7, 11) is 0. The first-order valence-corrected chi connectivity index (χ1v) is 7.08. The van der Waals surface area contributed by atoms with Crippen LogP contribution in [0.2, 0.25) is 0 Å². The molecule has 0 unspecified atom stereocenters. The van der Waals surface area contributed by atoms with Gasteiger partial charge in [0.2, 0.25) is 0 Å². The highest BCUT2D eigenvalue weighted by Gasteiger charge is 2.10. The molecule has 0 aliphatic rings. The van der Waals surface area contributed by atoms with Crippen molar-refractivity contribution in [2.45, 2.75) is 40.3 Å². The Morgan fingerprint density at radius 3 is 2.79 bits per heavy atom. The van der Waals surface area contributed by atoms with Gasteiger partial charge in [-0.15, -0.1) is 0 Å². The van der Waals surface area contributed by atoms with Crippen LogP contribution in [-0.2, 0) is 13.1 Å². The molecule has 1 heterocycles. The summed E-state index contributed by atoms with van der Waals surface area (Å²) in [6.07, 6.45) is 2.99. The molecule has 0 fully saturated rings. The van der Waals surface area contributed by atoms with E-state index in [4.69, 9.17) is 0 Å². The first kappa shape index (κ1) is 13.8. The Kier molecular flexibility index (Phi) is 4.74. The van der Waals surface area contributed by atoms with Crippen molar-refractivity contribution in [2.75, 3.05) is 6.54 Å². The van der Waals surface area contributed by atoms with Crippen molar-refractivity contribution >= 4 is 0 Å². The molecule has 0 bridgehead atoms. The number of hydrogen-bond acceptors (Lipinski definition) is 2. The second-order valence-corrected chi connectivity index (χ2v) is 4.88. The maximum Gasteiger partial charge on any atom is 0.0685 e. The Hall–Kier alpha value is -1.61. The summed E-state index contributed by atoms with van der Waals surface area (Å²) in [6.45, 7) is 9.32. The first-order valence-electron chi connectivity index (χ1n) is 7.08. The fourth-order valence-corrected chi connectivity index (χ4v) is 2.29. The van der Waals surface area contributed by atoms with Gasteiger partial charge >= 0.3 is 0 Å². The molecule has 0 aliphatic heterocycles. The SMILES string of the molecule is CCCn1nccc1-c1cc(C)ccc1CNCC. The lowest BCUT2D eigenvalue weighted by molar-refractivity contribution is 0.608. The molecule has 3 heteroatoms. The van der Waals surface area contributed by atoms with Crippen LogP contribution in [0.15, 0.2) is 30.5 Å².